The topological polar surface area (TPSA) is 143 Å². The molecule has 0 aliphatic heterocycles. The number of anilines is 1. The molecule has 3 aromatic rings. The van der Waals surface area contributed by atoms with Gasteiger partial charge < -0.3 is 20.3 Å². The van der Waals surface area contributed by atoms with E-state index < -0.39 is 24.1 Å². The van der Waals surface area contributed by atoms with E-state index in [1.807, 2.05) is 36.4 Å². The van der Waals surface area contributed by atoms with Gasteiger partial charge in [-0.05, 0) is 22.3 Å². The van der Waals surface area contributed by atoms with Gasteiger partial charge in [-0.2, -0.15) is 5.10 Å². The van der Waals surface area contributed by atoms with Crippen LogP contribution in [0.1, 0.15) is 34.0 Å². The summed E-state index contributed by atoms with van der Waals surface area (Å²) >= 11 is 0. The number of carboxylic acid groups (broad SMARTS) is 1. The number of nitrogens with zero attached hydrogens (tertiary/aromatic N) is 2. The van der Waals surface area contributed by atoms with Crippen LogP contribution in [0.5, 0.6) is 0 Å². The largest absolute Gasteiger partial charge is 0.479 e. The smallest absolute Gasteiger partial charge is 0.412 e. The van der Waals surface area contributed by atoms with E-state index in [4.69, 9.17) is 9.84 Å². The summed E-state index contributed by atoms with van der Waals surface area (Å²) in [5.74, 6) is -1.82. The molecule has 34 heavy (non-hydrogen) atoms. The van der Waals surface area contributed by atoms with Crippen molar-refractivity contribution in [3.8, 4) is 11.1 Å². The second kappa shape index (κ2) is 9.75. The highest BCUT2D eigenvalue weighted by Crippen LogP contribution is 2.44. The van der Waals surface area contributed by atoms with Crippen LogP contribution in [0.3, 0.4) is 0 Å². The first-order valence-electron chi connectivity index (χ1n) is 10.7. The number of aliphatic carboxylic acids is 1. The van der Waals surface area contributed by atoms with Gasteiger partial charge in [-0.3, -0.25) is 14.8 Å². The number of carbonyl (C=O) groups is 3. The monoisotopic (exact) mass is 464 g/mol. The molecule has 1 atom stereocenters. The first-order valence-corrected chi connectivity index (χ1v) is 10.7. The van der Waals surface area contributed by atoms with E-state index in [2.05, 4.69) is 27.9 Å². The van der Waals surface area contributed by atoms with Crippen molar-refractivity contribution < 1.29 is 29.3 Å². The molecular weight excluding hydrogens is 440 g/mol. The molecule has 1 aliphatic rings. The molecule has 1 unspecified atom stereocenters. The zero-order valence-electron chi connectivity index (χ0n) is 18.4. The third kappa shape index (κ3) is 4.76. The van der Waals surface area contributed by atoms with Gasteiger partial charge in [0.05, 0.1) is 0 Å². The van der Waals surface area contributed by atoms with E-state index in [0.29, 0.717) is 0 Å². The minimum absolute atomic E-state index is 0.0351. The van der Waals surface area contributed by atoms with Crippen molar-refractivity contribution in [2.75, 3.05) is 18.5 Å². The molecule has 2 amide bonds. The predicted octanol–water partition coefficient (Wildman–Crippen LogP) is 2.35. The molecule has 0 saturated heterocycles. The molecule has 1 aliphatic carbocycles. The Morgan fingerprint density at radius 2 is 1.71 bits per heavy atom. The van der Waals surface area contributed by atoms with Crippen LogP contribution >= 0.6 is 0 Å². The number of hydrogen-bond acceptors (Lipinski definition) is 6. The standard InChI is InChI=1S/C24H24N4O6/c1-28-19(22(30)25-11-10-20(29)23(31)32)12-21(27-28)26-24(33)34-13-18-16-8-4-2-6-14(16)15-7-3-5-9-17(15)18/h2-9,12,18,20,29H,10-11,13H2,1H3,(H,25,30)(H,31,32)(H,26,27,33). The molecular formula is C24H24N4O6. The summed E-state index contributed by atoms with van der Waals surface area (Å²) in [5.41, 5.74) is 4.60. The highest BCUT2D eigenvalue weighted by atomic mass is 16.5. The summed E-state index contributed by atoms with van der Waals surface area (Å²) in [4.78, 5) is 35.4. The molecule has 4 N–H and O–H groups in total. The number of ether oxygens (including phenoxy) is 1. The molecule has 4 rings (SSSR count). The third-order valence-corrected chi connectivity index (χ3v) is 5.67. The van der Waals surface area contributed by atoms with Crippen LogP contribution in [0.4, 0.5) is 10.6 Å². The second-order valence-corrected chi connectivity index (χ2v) is 7.89. The van der Waals surface area contributed by atoms with E-state index in [1.165, 1.54) is 17.8 Å². The first kappa shape index (κ1) is 23.0. The Morgan fingerprint density at radius 1 is 1.09 bits per heavy atom. The van der Waals surface area contributed by atoms with Gasteiger partial charge in [-0.15, -0.1) is 0 Å². The average Bonchev–Trinajstić information content (AvgIpc) is 3.34. The summed E-state index contributed by atoms with van der Waals surface area (Å²) in [6, 6.07) is 17.4. The van der Waals surface area contributed by atoms with Gasteiger partial charge in [0.25, 0.3) is 5.91 Å². The van der Waals surface area contributed by atoms with Gasteiger partial charge in [0, 0.05) is 32.0 Å². The maximum atomic E-state index is 12.4. The number of carbonyl (C=O) groups excluding carboxylic acids is 2. The van der Waals surface area contributed by atoms with Crippen molar-refractivity contribution in [1.82, 2.24) is 15.1 Å². The fourth-order valence-corrected chi connectivity index (χ4v) is 4.02. The van der Waals surface area contributed by atoms with Gasteiger partial charge in [0.2, 0.25) is 0 Å². The van der Waals surface area contributed by atoms with E-state index in [-0.39, 0.29) is 37.0 Å². The van der Waals surface area contributed by atoms with Crippen LogP contribution in [0.15, 0.2) is 54.6 Å². The van der Waals surface area contributed by atoms with E-state index >= 15 is 0 Å². The van der Waals surface area contributed by atoms with Crippen LogP contribution in [-0.2, 0) is 16.6 Å². The second-order valence-electron chi connectivity index (χ2n) is 7.89. The van der Waals surface area contributed by atoms with Gasteiger partial charge in [-0.1, -0.05) is 48.5 Å². The average molecular weight is 464 g/mol. The molecule has 10 nitrogen and oxygen atoms in total. The number of aliphatic hydroxyl groups excluding tert-OH is 1. The summed E-state index contributed by atoms with van der Waals surface area (Å²) in [6.07, 6.45) is -2.39. The lowest BCUT2D eigenvalue weighted by molar-refractivity contribution is -0.146. The quantitative estimate of drug-likeness (QED) is 0.401. The van der Waals surface area contributed by atoms with Crippen LogP contribution in [-0.4, -0.2) is 57.2 Å². The fraction of sp³-hybridized carbons (Fsp3) is 0.250. The number of fused-ring (bicyclic) bond motifs is 3. The van der Waals surface area contributed by atoms with Crippen molar-refractivity contribution in [2.45, 2.75) is 18.4 Å². The summed E-state index contributed by atoms with van der Waals surface area (Å²) < 4.78 is 6.76. The van der Waals surface area contributed by atoms with Gasteiger partial charge in [-0.25, -0.2) is 9.59 Å². The van der Waals surface area contributed by atoms with Crippen molar-refractivity contribution in [1.29, 1.82) is 0 Å². The van der Waals surface area contributed by atoms with Crippen molar-refractivity contribution in [3.05, 3.63) is 71.4 Å². The van der Waals surface area contributed by atoms with Crippen molar-refractivity contribution >= 4 is 23.8 Å². The van der Waals surface area contributed by atoms with Crippen LogP contribution in [0.2, 0.25) is 0 Å². The van der Waals surface area contributed by atoms with E-state index in [1.54, 1.807) is 0 Å². The van der Waals surface area contributed by atoms with Crippen LogP contribution in [0, 0.1) is 0 Å². The Morgan fingerprint density at radius 3 is 2.32 bits per heavy atom. The zero-order valence-corrected chi connectivity index (χ0v) is 18.4. The van der Waals surface area contributed by atoms with Gasteiger partial charge >= 0.3 is 12.1 Å². The Bertz CT molecular complexity index is 1190. The third-order valence-electron chi connectivity index (χ3n) is 5.67. The molecule has 1 heterocycles. The Hall–Kier alpha value is -4.18. The zero-order chi connectivity index (χ0) is 24.2. The van der Waals surface area contributed by atoms with Crippen LogP contribution < -0.4 is 10.6 Å². The van der Waals surface area contributed by atoms with Crippen LogP contribution in [0.25, 0.3) is 11.1 Å². The number of hydrogen-bond donors (Lipinski definition) is 4. The Kier molecular flexibility index (Phi) is 6.60. The number of aryl methyl sites for hydroxylation is 1. The fourth-order valence-electron chi connectivity index (χ4n) is 4.02. The van der Waals surface area contributed by atoms with E-state index in [0.717, 1.165) is 22.3 Å². The molecule has 0 saturated carbocycles. The highest BCUT2D eigenvalue weighted by molar-refractivity contribution is 5.94. The number of amides is 2. The number of aliphatic hydroxyl groups is 1. The van der Waals surface area contributed by atoms with Crippen molar-refractivity contribution in [3.63, 3.8) is 0 Å². The summed E-state index contributed by atoms with van der Waals surface area (Å²) in [7, 11) is 1.53. The molecule has 0 spiro atoms. The number of rotatable bonds is 8. The Labute approximate surface area is 195 Å². The van der Waals surface area contributed by atoms with Gasteiger partial charge in [0.15, 0.2) is 11.9 Å². The number of nitrogens with one attached hydrogen (secondary N) is 2. The molecule has 1 aromatic heterocycles. The minimum atomic E-state index is -1.56. The minimum Gasteiger partial charge on any atom is -0.479 e. The lowest BCUT2D eigenvalue weighted by Crippen LogP contribution is -2.31. The normalized spacial score (nSPS) is 13.0. The number of benzene rings is 2. The molecule has 2 aromatic carbocycles. The maximum Gasteiger partial charge on any atom is 0.412 e. The molecule has 10 heteroatoms. The number of carboxylic acids is 1. The lowest BCUT2D eigenvalue weighted by atomic mass is 9.98. The summed E-state index contributed by atoms with van der Waals surface area (Å²) in [5, 5.41) is 27.1. The SMILES string of the molecule is Cn1nc(NC(=O)OCC2c3ccccc3-c3ccccc32)cc1C(=O)NCCC(O)C(=O)O. The maximum absolute atomic E-state index is 12.4. The highest BCUT2D eigenvalue weighted by Gasteiger charge is 2.29. The summed E-state index contributed by atoms with van der Waals surface area (Å²) in [6.45, 7) is 0.110. The van der Waals surface area contributed by atoms with E-state index in [9.17, 15) is 19.5 Å². The molecule has 0 radical (unpaired) electrons. The molecule has 176 valence electrons. The first-order chi connectivity index (χ1) is 16.3. The molecule has 0 fully saturated rings. The predicted molar refractivity (Wildman–Crippen MR) is 122 cm³/mol. The number of aromatic nitrogens is 2. The lowest BCUT2D eigenvalue weighted by Gasteiger charge is -2.14. The van der Waals surface area contributed by atoms with Crippen molar-refractivity contribution in [2.24, 2.45) is 7.05 Å². The molecule has 0 bridgehead atoms. The van der Waals surface area contributed by atoms with Gasteiger partial charge in [0.1, 0.15) is 12.3 Å². The Balaban J connectivity index is 1.35.